The van der Waals surface area contributed by atoms with Crippen LogP contribution in [0, 0.1) is 19.8 Å². The Kier molecular flexibility index (Phi) is 7.37. The Morgan fingerprint density at radius 3 is 2.30 bits per heavy atom. The zero-order valence-corrected chi connectivity index (χ0v) is 20.2. The van der Waals surface area contributed by atoms with Crippen molar-refractivity contribution < 1.29 is 27.3 Å². The van der Waals surface area contributed by atoms with E-state index in [-0.39, 0.29) is 34.9 Å². The van der Waals surface area contributed by atoms with E-state index in [1.54, 1.807) is 18.7 Å². The number of morpholine rings is 1. The molecular weight excluding hydrogens is 450 g/mol. The number of piperazine rings is 1. The zero-order chi connectivity index (χ0) is 23.6. The summed E-state index contributed by atoms with van der Waals surface area (Å²) in [4.78, 5) is 31.6. The van der Waals surface area contributed by atoms with Gasteiger partial charge in [-0.05, 0) is 26.7 Å². The standard InChI is InChI=1S/C21H33N5O6S/c1-16-20(17(2)32-22-16)33(29,30)26-5-3-4-18(14-26)21(28)25-8-6-24(7-9-25)19(27)15-23-10-12-31-13-11-23/h18H,3-15H2,1-2H3. The van der Waals surface area contributed by atoms with Gasteiger partial charge in [0.05, 0.1) is 25.7 Å². The molecule has 0 aromatic carbocycles. The molecule has 3 saturated heterocycles. The van der Waals surface area contributed by atoms with Crippen LogP contribution in [0.1, 0.15) is 24.3 Å². The summed E-state index contributed by atoms with van der Waals surface area (Å²) in [6.45, 7) is 8.89. The number of carbonyl (C=O) groups excluding carboxylic acids is 2. The molecule has 0 bridgehead atoms. The van der Waals surface area contributed by atoms with Gasteiger partial charge in [0.1, 0.15) is 10.6 Å². The Hall–Kier alpha value is -2.02. The van der Waals surface area contributed by atoms with Crippen LogP contribution in [-0.4, -0.2) is 117 Å². The first-order valence-corrected chi connectivity index (χ1v) is 13.0. The van der Waals surface area contributed by atoms with E-state index in [2.05, 4.69) is 10.1 Å². The summed E-state index contributed by atoms with van der Waals surface area (Å²) in [5.41, 5.74) is 0.332. The maximum Gasteiger partial charge on any atom is 0.248 e. The van der Waals surface area contributed by atoms with Crippen LogP contribution in [0.25, 0.3) is 0 Å². The fourth-order valence-electron chi connectivity index (χ4n) is 4.82. The number of nitrogens with zero attached hydrogens (tertiary/aromatic N) is 5. The predicted octanol–water partition coefficient (Wildman–Crippen LogP) is -0.305. The maximum absolute atomic E-state index is 13.2. The average Bonchev–Trinajstić information content (AvgIpc) is 3.18. The van der Waals surface area contributed by atoms with Crippen molar-refractivity contribution in [2.45, 2.75) is 31.6 Å². The Labute approximate surface area is 194 Å². The van der Waals surface area contributed by atoms with Crippen LogP contribution in [0.3, 0.4) is 0 Å². The van der Waals surface area contributed by atoms with Crippen LogP contribution < -0.4 is 0 Å². The molecule has 2 amide bonds. The smallest absolute Gasteiger partial charge is 0.248 e. The lowest BCUT2D eigenvalue weighted by Crippen LogP contribution is -2.55. The number of ether oxygens (including phenoxy) is 1. The largest absolute Gasteiger partial charge is 0.379 e. The molecule has 3 aliphatic rings. The highest BCUT2D eigenvalue weighted by atomic mass is 32.2. The number of amides is 2. The number of hydrogen-bond acceptors (Lipinski definition) is 8. The lowest BCUT2D eigenvalue weighted by atomic mass is 9.97. The van der Waals surface area contributed by atoms with Crippen molar-refractivity contribution in [1.29, 1.82) is 0 Å². The van der Waals surface area contributed by atoms with Gasteiger partial charge in [0.2, 0.25) is 21.8 Å². The Morgan fingerprint density at radius 1 is 1.00 bits per heavy atom. The van der Waals surface area contributed by atoms with Gasteiger partial charge in [0.15, 0.2) is 5.76 Å². The minimum atomic E-state index is -3.77. The highest BCUT2D eigenvalue weighted by molar-refractivity contribution is 7.89. The van der Waals surface area contributed by atoms with E-state index in [9.17, 15) is 18.0 Å². The van der Waals surface area contributed by atoms with Crippen molar-refractivity contribution >= 4 is 21.8 Å². The van der Waals surface area contributed by atoms with E-state index in [1.807, 2.05) is 4.90 Å². The Bertz CT molecular complexity index is 946. The minimum absolute atomic E-state index is 0.0334. The van der Waals surface area contributed by atoms with Crippen molar-refractivity contribution in [3.63, 3.8) is 0 Å². The molecular formula is C21H33N5O6S. The third-order valence-corrected chi connectivity index (χ3v) is 8.82. The van der Waals surface area contributed by atoms with Gasteiger partial charge in [-0.2, -0.15) is 4.31 Å². The molecule has 1 atom stereocenters. The normalized spacial score (nSPS) is 23.6. The zero-order valence-electron chi connectivity index (χ0n) is 19.4. The number of sulfonamides is 1. The summed E-state index contributed by atoms with van der Waals surface area (Å²) in [5.74, 6) is -0.0734. The molecule has 1 aromatic heterocycles. The molecule has 4 rings (SSSR count). The minimum Gasteiger partial charge on any atom is -0.379 e. The van der Waals surface area contributed by atoms with Crippen molar-refractivity contribution in [2.75, 3.05) is 72.1 Å². The molecule has 0 N–H and O–H groups in total. The van der Waals surface area contributed by atoms with Crippen LogP contribution in [0.15, 0.2) is 9.42 Å². The monoisotopic (exact) mass is 483 g/mol. The first-order valence-electron chi connectivity index (χ1n) is 11.6. The summed E-state index contributed by atoms with van der Waals surface area (Å²) in [6, 6.07) is 0. The molecule has 1 aromatic rings. The highest BCUT2D eigenvalue weighted by Gasteiger charge is 2.38. The summed E-state index contributed by atoms with van der Waals surface area (Å²) >= 11 is 0. The van der Waals surface area contributed by atoms with E-state index in [0.29, 0.717) is 71.0 Å². The number of rotatable bonds is 5. The number of aromatic nitrogens is 1. The molecule has 12 heteroatoms. The molecule has 0 aliphatic carbocycles. The number of piperidine rings is 1. The first-order chi connectivity index (χ1) is 15.8. The number of aryl methyl sites for hydroxylation is 2. The second kappa shape index (κ2) is 10.1. The van der Waals surface area contributed by atoms with Crippen LogP contribution >= 0.6 is 0 Å². The molecule has 0 saturated carbocycles. The van der Waals surface area contributed by atoms with Crippen molar-refractivity contribution in [1.82, 2.24) is 24.2 Å². The van der Waals surface area contributed by atoms with Crippen LogP contribution in [0.2, 0.25) is 0 Å². The second-order valence-corrected chi connectivity index (χ2v) is 10.8. The average molecular weight is 484 g/mol. The lowest BCUT2D eigenvalue weighted by Gasteiger charge is -2.39. The topological polar surface area (TPSA) is 116 Å². The quantitative estimate of drug-likeness (QED) is 0.560. The Morgan fingerprint density at radius 2 is 1.67 bits per heavy atom. The van der Waals surface area contributed by atoms with Gasteiger partial charge < -0.3 is 19.1 Å². The van der Waals surface area contributed by atoms with Gasteiger partial charge in [0, 0.05) is 52.4 Å². The third-order valence-electron chi connectivity index (χ3n) is 6.71. The second-order valence-electron chi connectivity index (χ2n) is 8.95. The van der Waals surface area contributed by atoms with Crippen LogP contribution in [0.4, 0.5) is 0 Å². The predicted molar refractivity (Wildman–Crippen MR) is 118 cm³/mol. The molecule has 33 heavy (non-hydrogen) atoms. The van der Waals surface area contributed by atoms with E-state index in [0.717, 1.165) is 13.1 Å². The van der Waals surface area contributed by atoms with E-state index < -0.39 is 10.0 Å². The molecule has 11 nitrogen and oxygen atoms in total. The van der Waals surface area contributed by atoms with E-state index in [1.165, 1.54) is 4.31 Å². The van der Waals surface area contributed by atoms with Crippen molar-refractivity contribution in [3.05, 3.63) is 11.5 Å². The van der Waals surface area contributed by atoms with Crippen molar-refractivity contribution in [2.24, 2.45) is 5.92 Å². The molecule has 4 heterocycles. The summed E-state index contributed by atoms with van der Waals surface area (Å²) in [6.07, 6.45) is 1.28. The number of carbonyl (C=O) groups is 2. The van der Waals surface area contributed by atoms with Gasteiger partial charge in [-0.15, -0.1) is 0 Å². The fraction of sp³-hybridized carbons (Fsp3) is 0.762. The van der Waals surface area contributed by atoms with Gasteiger partial charge in [-0.25, -0.2) is 8.42 Å². The SMILES string of the molecule is Cc1noc(C)c1S(=O)(=O)N1CCCC(C(=O)N2CCN(C(=O)CN3CCOCC3)CC2)C1. The van der Waals surface area contributed by atoms with Crippen molar-refractivity contribution in [3.8, 4) is 0 Å². The molecule has 3 aliphatic heterocycles. The summed E-state index contributed by atoms with van der Waals surface area (Å²) < 4.78 is 38.1. The maximum atomic E-state index is 13.2. The summed E-state index contributed by atoms with van der Waals surface area (Å²) in [5, 5.41) is 3.77. The Balaban J connectivity index is 1.32. The molecule has 0 spiro atoms. The van der Waals surface area contributed by atoms with Gasteiger partial charge in [-0.1, -0.05) is 5.16 Å². The molecule has 3 fully saturated rings. The fourth-order valence-corrected chi connectivity index (χ4v) is 6.63. The van der Waals surface area contributed by atoms with Gasteiger partial charge in [0.25, 0.3) is 0 Å². The molecule has 0 radical (unpaired) electrons. The summed E-state index contributed by atoms with van der Waals surface area (Å²) in [7, 11) is -3.77. The highest BCUT2D eigenvalue weighted by Crippen LogP contribution is 2.28. The number of hydrogen-bond donors (Lipinski definition) is 0. The molecule has 184 valence electrons. The molecule has 1 unspecified atom stereocenters. The van der Waals surface area contributed by atoms with Crippen LogP contribution in [0.5, 0.6) is 0 Å². The third kappa shape index (κ3) is 5.23. The lowest BCUT2D eigenvalue weighted by molar-refractivity contribution is -0.143. The van der Waals surface area contributed by atoms with Crippen LogP contribution in [-0.2, 0) is 24.3 Å². The van der Waals surface area contributed by atoms with Gasteiger partial charge in [-0.3, -0.25) is 14.5 Å². The van der Waals surface area contributed by atoms with E-state index >= 15 is 0 Å². The van der Waals surface area contributed by atoms with E-state index in [4.69, 9.17) is 9.26 Å². The first kappa shape index (κ1) is 24.1. The van der Waals surface area contributed by atoms with Gasteiger partial charge >= 0.3 is 0 Å².